The van der Waals surface area contributed by atoms with Crippen molar-refractivity contribution >= 4 is 0 Å². The predicted molar refractivity (Wildman–Crippen MR) is 127 cm³/mol. The Morgan fingerprint density at radius 2 is 1.71 bits per heavy atom. The van der Waals surface area contributed by atoms with Crippen LogP contribution >= 0.6 is 0 Å². The summed E-state index contributed by atoms with van der Waals surface area (Å²) in [6, 6.07) is 0. The summed E-state index contributed by atoms with van der Waals surface area (Å²) < 4.78 is 6.34. The molecule has 0 heterocycles. The zero-order valence-corrected chi connectivity index (χ0v) is 21.4. The third kappa shape index (κ3) is 4.14. The van der Waals surface area contributed by atoms with Gasteiger partial charge in [0.2, 0.25) is 0 Å². The summed E-state index contributed by atoms with van der Waals surface area (Å²) in [7, 11) is 1.96. The van der Waals surface area contributed by atoms with Gasteiger partial charge in [0.15, 0.2) is 0 Å². The fraction of sp³-hybridized carbons (Fsp3) is 1.00. The van der Waals surface area contributed by atoms with Gasteiger partial charge in [0, 0.05) is 7.11 Å². The summed E-state index contributed by atoms with van der Waals surface area (Å²) in [6.07, 6.45) is 12.0. The molecule has 31 heavy (non-hydrogen) atoms. The zero-order valence-electron chi connectivity index (χ0n) is 21.4. The number of aliphatic hydroxyl groups is 2. The lowest BCUT2D eigenvalue weighted by atomic mass is 9.43. The molecule has 4 aliphatic carbocycles. The molecule has 1 unspecified atom stereocenters. The molecule has 4 saturated carbocycles. The van der Waals surface area contributed by atoms with E-state index in [1.807, 2.05) is 21.0 Å². The normalized spacial score (nSPS) is 51.0. The molecule has 0 aliphatic heterocycles. The van der Waals surface area contributed by atoms with E-state index in [1.54, 1.807) is 0 Å². The van der Waals surface area contributed by atoms with Crippen LogP contribution in [0.25, 0.3) is 0 Å². The minimum Gasteiger partial charge on any atom is -0.390 e. The Kier molecular flexibility index (Phi) is 6.18. The molecule has 0 aromatic carbocycles. The number of fused-ring (bicyclic) bond motifs is 5. The van der Waals surface area contributed by atoms with Crippen molar-refractivity contribution in [3.8, 4) is 0 Å². The Morgan fingerprint density at radius 3 is 2.35 bits per heavy atom. The molecular weight excluding hydrogens is 384 g/mol. The first kappa shape index (κ1) is 24.0. The highest BCUT2D eigenvalue weighted by Gasteiger charge is 2.64. The lowest BCUT2D eigenvalue weighted by molar-refractivity contribution is -0.197. The topological polar surface area (TPSA) is 49.7 Å². The third-order valence-corrected chi connectivity index (χ3v) is 11.1. The fourth-order valence-electron chi connectivity index (χ4n) is 9.50. The van der Waals surface area contributed by atoms with Crippen LogP contribution in [0, 0.1) is 46.3 Å². The average molecular weight is 435 g/mol. The highest BCUT2D eigenvalue weighted by molar-refractivity contribution is 5.13. The molecule has 0 aromatic rings. The van der Waals surface area contributed by atoms with Gasteiger partial charge in [-0.2, -0.15) is 0 Å². The molecule has 4 fully saturated rings. The number of methoxy groups -OCH3 is 1. The van der Waals surface area contributed by atoms with Crippen molar-refractivity contribution in [2.75, 3.05) is 7.11 Å². The molecule has 0 spiro atoms. The molecule has 4 rings (SSSR count). The third-order valence-electron chi connectivity index (χ3n) is 11.1. The summed E-state index contributed by atoms with van der Waals surface area (Å²) in [5.41, 5.74) is -0.353. The van der Waals surface area contributed by atoms with Crippen LogP contribution in [0.4, 0.5) is 0 Å². The van der Waals surface area contributed by atoms with Crippen LogP contribution in [0.3, 0.4) is 0 Å². The van der Waals surface area contributed by atoms with Gasteiger partial charge in [-0.1, -0.05) is 20.8 Å². The van der Waals surface area contributed by atoms with Crippen molar-refractivity contribution in [3.63, 3.8) is 0 Å². The summed E-state index contributed by atoms with van der Waals surface area (Å²) in [5.74, 6) is 4.29. The van der Waals surface area contributed by atoms with Crippen molar-refractivity contribution in [1.29, 1.82) is 0 Å². The number of ether oxygens (including phenoxy) is 1. The van der Waals surface area contributed by atoms with Crippen LogP contribution in [-0.4, -0.2) is 34.6 Å². The highest BCUT2D eigenvalue weighted by Crippen LogP contribution is 2.69. The second-order valence-electron chi connectivity index (χ2n) is 13.8. The van der Waals surface area contributed by atoms with E-state index in [0.29, 0.717) is 34.7 Å². The van der Waals surface area contributed by atoms with Crippen molar-refractivity contribution in [2.45, 2.75) is 123 Å². The van der Waals surface area contributed by atoms with Gasteiger partial charge in [0.25, 0.3) is 0 Å². The van der Waals surface area contributed by atoms with Crippen molar-refractivity contribution in [2.24, 2.45) is 46.3 Å². The Balaban J connectivity index is 1.58. The quantitative estimate of drug-likeness (QED) is 0.541. The first-order chi connectivity index (χ1) is 14.3. The molecule has 0 bridgehead atoms. The molecule has 2 N–H and O–H groups in total. The summed E-state index contributed by atoms with van der Waals surface area (Å²) >= 11 is 0. The standard InChI is InChI=1S/C28H50O3/c1-18(12-13-25(2,3)29)21-10-11-22-20-9-8-19-16-26(4,30)14-15-27(19,5)24(20)23(31-7)17-28(21,22)6/h18-24,29-30H,8-17H2,1-7H3/t18-,19?,20+,21-,22+,23+,24-,26+,27+,28-/m1/s1. The van der Waals surface area contributed by atoms with Crippen LogP contribution in [0.2, 0.25) is 0 Å². The molecule has 0 amide bonds. The first-order valence-electron chi connectivity index (χ1n) is 13.3. The van der Waals surface area contributed by atoms with Gasteiger partial charge in [0.1, 0.15) is 0 Å². The molecule has 4 aliphatic rings. The Bertz CT molecular complexity index is 651. The smallest absolute Gasteiger partial charge is 0.0622 e. The van der Waals surface area contributed by atoms with E-state index < -0.39 is 11.2 Å². The lowest BCUT2D eigenvalue weighted by Crippen LogP contribution is -2.60. The fourth-order valence-corrected chi connectivity index (χ4v) is 9.50. The Hall–Kier alpha value is -0.120. The maximum atomic E-state index is 10.8. The molecule has 180 valence electrons. The molecule has 3 heteroatoms. The van der Waals surface area contributed by atoms with Gasteiger partial charge in [-0.05, 0) is 131 Å². The monoisotopic (exact) mass is 434 g/mol. The predicted octanol–water partition coefficient (Wildman–Crippen LogP) is 6.21. The van der Waals surface area contributed by atoms with Crippen molar-refractivity contribution in [1.82, 2.24) is 0 Å². The summed E-state index contributed by atoms with van der Waals surface area (Å²) in [6.45, 7) is 13.5. The van der Waals surface area contributed by atoms with E-state index in [0.717, 1.165) is 49.9 Å². The largest absolute Gasteiger partial charge is 0.390 e. The molecule has 3 nitrogen and oxygen atoms in total. The van der Waals surface area contributed by atoms with E-state index in [-0.39, 0.29) is 0 Å². The SMILES string of the molecule is CO[C@H]1C[C@]2(C)[C@@H]([C@H](C)CCC(C)(C)O)CC[C@H]2[C@@H]2CCC3C[C@@](C)(O)CC[C@]3(C)[C@H]21. The molecule has 0 aromatic heterocycles. The van der Waals surface area contributed by atoms with Crippen LogP contribution in [0.15, 0.2) is 0 Å². The summed E-state index contributed by atoms with van der Waals surface area (Å²) in [4.78, 5) is 0. The molecule has 10 atom stereocenters. The van der Waals surface area contributed by atoms with Gasteiger partial charge >= 0.3 is 0 Å². The number of rotatable bonds is 5. The van der Waals surface area contributed by atoms with E-state index in [1.165, 1.54) is 32.1 Å². The minimum absolute atomic E-state index is 0.317. The maximum Gasteiger partial charge on any atom is 0.0622 e. The van der Waals surface area contributed by atoms with Crippen LogP contribution < -0.4 is 0 Å². The van der Waals surface area contributed by atoms with E-state index in [4.69, 9.17) is 4.74 Å². The van der Waals surface area contributed by atoms with E-state index in [9.17, 15) is 10.2 Å². The zero-order chi connectivity index (χ0) is 22.8. The number of hydrogen-bond donors (Lipinski definition) is 2. The van der Waals surface area contributed by atoms with Crippen LogP contribution in [0.5, 0.6) is 0 Å². The van der Waals surface area contributed by atoms with Crippen molar-refractivity contribution in [3.05, 3.63) is 0 Å². The van der Waals surface area contributed by atoms with Gasteiger partial charge in [-0.25, -0.2) is 0 Å². The second kappa shape index (κ2) is 7.98. The highest BCUT2D eigenvalue weighted by atomic mass is 16.5. The summed E-state index contributed by atoms with van der Waals surface area (Å²) in [5, 5.41) is 21.1. The Labute approximate surface area is 191 Å². The minimum atomic E-state index is -0.560. The van der Waals surface area contributed by atoms with Crippen LogP contribution in [-0.2, 0) is 4.74 Å². The van der Waals surface area contributed by atoms with Gasteiger partial charge < -0.3 is 14.9 Å². The van der Waals surface area contributed by atoms with Crippen molar-refractivity contribution < 1.29 is 14.9 Å². The molecular formula is C28H50O3. The number of hydrogen-bond acceptors (Lipinski definition) is 3. The average Bonchev–Trinajstić information content (AvgIpc) is 3.02. The Morgan fingerprint density at radius 1 is 1.00 bits per heavy atom. The van der Waals surface area contributed by atoms with Gasteiger partial charge in [-0.3, -0.25) is 0 Å². The van der Waals surface area contributed by atoms with E-state index in [2.05, 4.69) is 27.7 Å². The first-order valence-corrected chi connectivity index (χ1v) is 13.3. The second-order valence-corrected chi connectivity index (χ2v) is 13.8. The van der Waals surface area contributed by atoms with E-state index >= 15 is 0 Å². The van der Waals surface area contributed by atoms with Crippen LogP contribution in [0.1, 0.15) is 106 Å². The lowest BCUT2D eigenvalue weighted by Gasteiger charge is -2.64. The van der Waals surface area contributed by atoms with Gasteiger partial charge in [0.05, 0.1) is 17.3 Å². The molecule has 0 radical (unpaired) electrons. The molecule has 0 saturated heterocycles. The van der Waals surface area contributed by atoms with Gasteiger partial charge in [-0.15, -0.1) is 0 Å². The maximum absolute atomic E-state index is 10.8.